The third-order valence-electron chi connectivity index (χ3n) is 4.96. The van der Waals surface area contributed by atoms with Gasteiger partial charge in [0.15, 0.2) is 6.61 Å². The van der Waals surface area contributed by atoms with Gasteiger partial charge in [0.1, 0.15) is 11.8 Å². The Hall–Kier alpha value is -2.33. The van der Waals surface area contributed by atoms with Crippen LogP contribution in [-0.4, -0.2) is 38.2 Å². The second-order valence-corrected chi connectivity index (χ2v) is 6.58. The Bertz CT molecular complexity index is 670. The first-order valence-electron chi connectivity index (χ1n) is 9.16. The number of likely N-dealkylation sites (N-methyl/N-ethyl adjacent to an activating group) is 1. The van der Waals surface area contributed by atoms with Crippen molar-refractivity contribution < 1.29 is 14.4 Å². The molecule has 1 heterocycles. The number of amides is 1. The summed E-state index contributed by atoms with van der Waals surface area (Å²) in [4.78, 5) is 13.6. The number of benzene rings is 2. The molecule has 3 rings (SSSR count). The normalized spacial score (nSPS) is 19.6. The molecular formula is C21H27N2O2+. The number of rotatable bonds is 7. The average Bonchev–Trinajstić information content (AvgIpc) is 3.13. The maximum Gasteiger partial charge on any atom is 0.258 e. The summed E-state index contributed by atoms with van der Waals surface area (Å²) < 4.78 is 5.61. The van der Waals surface area contributed by atoms with E-state index in [-0.39, 0.29) is 12.5 Å². The number of likely N-dealkylation sites (tertiary alicyclic amines) is 1. The summed E-state index contributed by atoms with van der Waals surface area (Å²) in [5, 5.41) is 3.01. The maximum absolute atomic E-state index is 12.0. The zero-order valence-electron chi connectivity index (χ0n) is 14.8. The summed E-state index contributed by atoms with van der Waals surface area (Å²) >= 11 is 0. The van der Waals surface area contributed by atoms with Crippen molar-refractivity contribution in [2.45, 2.75) is 25.8 Å². The molecule has 0 spiro atoms. The predicted molar refractivity (Wildman–Crippen MR) is 99.8 cm³/mol. The zero-order valence-corrected chi connectivity index (χ0v) is 14.8. The Morgan fingerprint density at radius 2 is 1.84 bits per heavy atom. The Labute approximate surface area is 149 Å². The molecular weight excluding hydrogens is 312 g/mol. The van der Waals surface area contributed by atoms with Crippen LogP contribution in [0.1, 0.15) is 19.8 Å². The van der Waals surface area contributed by atoms with Crippen LogP contribution in [-0.2, 0) is 4.79 Å². The molecule has 2 aromatic carbocycles. The lowest BCUT2D eigenvalue weighted by molar-refractivity contribution is -0.909. The minimum absolute atomic E-state index is 0.0468. The van der Waals surface area contributed by atoms with Crippen LogP contribution in [0.4, 0.5) is 0 Å². The van der Waals surface area contributed by atoms with Crippen molar-refractivity contribution in [1.82, 2.24) is 5.32 Å². The van der Waals surface area contributed by atoms with E-state index in [4.69, 9.17) is 4.74 Å². The van der Waals surface area contributed by atoms with E-state index in [2.05, 4.69) is 24.4 Å². The van der Waals surface area contributed by atoms with E-state index >= 15 is 0 Å². The molecule has 2 aromatic rings. The molecule has 0 aliphatic carbocycles. The van der Waals surface area contributed by atoms with Gasteiger partial charge in [0.05, 0.1) is 19.6 Å². The molecule has 1 saturated heterocycles. The highest BCUT2D eigenvalue weighted by atomic mass is 16.5. The first-order valence-corrected chi connectivity index (χ1v) is 9.16. The SMILES string of the molecule is CC[NH+]1CCC[C@H]1CNC(=O)COc1ccc(-c2ccccc2)cc1. The maximum atomic E-state index is 12.0. The minimum Gasteiger partial charge on any atom is -0.484 e. The van der Waals surface area contributed by atoms with Gasteiger partial charge in [0, 0.05) is 12.8 Å². The molecule has 1 unspecified atom stereocenters. The second kappa shape index (κ2) is 8.67. The van der Waals surface area contributed by atoms with Crippen LogP contribution in [0.3, 0.4) is 0 Å². The molecule has 2 atom stereocenters. The largest absolute Gasteiger partial charge is 0.484 e. The molecule has 0 bridgehead atoms. The quantitative estimate of drug-likeness (QED) is 0.809. The number of hydrogen-bond acceptors (Lipinski definition) is 2. The summed E-state index contributed by atoms with van der Waals surface area (Å²) in [5.41, 5.74) is 2.31. The Kier molecular flexibility index (Phi) is 6.07. The molecule has 0 aromatic heterocycles. The molecule has 1 aliphatic heterocycles. The van der Waals surface area contributed by atoms with Gasteiger partial charge in [-0.1, -0.05) is 42.5 Å². The van der Waals surface area contributed by atoms with Gasteiger partial charge in [-0.25, -0.2) is 0 Å². The van der Waals surface area contributed by atoms with Gasteiger partial charge >= 0.3 is 0 Å². The van der Waals surface area contributed by atoms with Crippen LogP contribution in [0.15, 0.2) is 54.6 Å². The average molecular weight is 339 g/mol. The van der Waals surface area contributed by atoms with Gasteiger partial charge in [-0.15, -0.1) is 0 Å². The summed E-state index contributed by atoms with van der Waals surface area (Å²) in [6.07, 6.45) is 2.46. The zero-order chi connectivity index (χ0) is 17.5. The standard InChI is InChI=1S/C21H26N2O2/c1-2-23-14-6-9-19(23)15-22-21(24)16-25-20-12-10-18(11-13-20)17-7-4-3-5-8-17/h3-5,7-8,10-13,19H,2,6,9,14-16H2,1H3,(H,22,24)/p+1/t19-/m0/s1. The summed E-state index contributed by atoms with van der Waals surface area (Å²) in [7, 11) is 0. The van der Waals surface area contributed by atoms with Gasteiger partial charge in [-0.3, -0.25) is 4.79 Å². The molecule has 2 N–H and O–H groups in total. The van der Waals surface area contributed by atoms with E-state index in [1.165, 1.54) is 24.9 Å². The number of ether oxygens (including phenoxy) is 1. The lowest BCUT2D eigenvalue weighted by atomic mass is 10.1. The van der Waals surface area contributed by atoms with Crippen molar-refractivity contribution in [3.8, 4) is 16.9 Å². The van der Waals surface area contributed by atoms with Crippen molar-refractivity contribution in [2.75, 3.05) is 26.2 Å². The number of nitrogens with one attached hydrogen (secondary N) is 2. The van der Waals surface area contributed by atoms with E-state index in [1.54, 1.807) is 4.90 Å². The fourth-order valence-electron chi connectivity index (χ4n) is 3.51. The van der Waals surface area contributed by atoms with Crippen molar-refractivity contribution in [2.24, 2.45) is 0 Å². The number of carbonyl (C=O) groups excluding carboxylic acids is 1. The predicted octanol–water partition coefficient (Wildman–Crippen LogP) is 1.92. The lowest BCUT2D eigenvalue weighted by Crippen LogP contribution is -3.14. The van der Waals surface area contributed by atoms with Crippen LogP contribution >= 0.6 is 0 Å². The second-order valence-electron chi connectivity index (χ2n) is 6.58. The molecule has 4 heteroatoms. The van der Waals surface area contributed by atoms with E-state index in [9.17, 15) is 4.79 Å². The number of quaternary nitrogens is 1. The van der Waals surface area contributed by atoms with Crippen molar-refractivity contribution >= 4 is 5.91 Å². The first-order chi connectivity index (χ1) is 12.3. The van der Waals surface area contributed by atoms with Gasteiger partial charge < -0.3 is 15.0 Å². The van der Waals surface area contributed by atoms with E-state index < -0.39 is 0 Å². The van der Waals surface area contributed by atoms with Gasteiger partial charge in [0.25, 0.3) is 5.91 Å². The highest BCUT2D eigenvalue weighted by Crippen LogP contribution is 2.21. The molecule has 4 nitrogen and oxygen atoms in total. The monoisotopic (exact) mass is 339 g/mol. The van der Waals surface area contributed by atoms with Crippen molar-refractivity contribution in [3.05, 3.63) is 54.6 Å². The van der Waals surface area contributed by atoms with E-state index in [0.717, 1.165) is 24.4 Å². The highest BCUT2D eigenvalue weighted by Gasteiger charge is 2.27. The Morgan fingerprint density at radius 1 is 1.12 bits per heavy atom. The fourth-order valence-corrected chi connectivity index (χ4v) is 3.51. The van der Waals surface area contributed by atoms with E-state index in [0.29, 0.717) is 6.04 Å². The summed E-state index contributed by atoms with van der Waals surface area (Å²) in [5.74, 6) is 0.672. The van der Waals surface area contributed by atoms with Gasteiger partial charge in [-0.05, 0) is 30.2 Å². The van der Waals surface area contributed by atoms with Gasteiger partial charge in [0.2, 0.25) is 0 Å². The minimum atomic E-state index is -0.0468. The van der Waals surface area contributed by atoms with Gasteiger partial charge in [-0.2, -0.15) is 0 Å². The Balaban J connectivity index is 1.44. The molecule has 132 valence electrons. The van der Waals surface area contributed by atoms with Crippen LogP contribution in [0.2, 0.25) is 0 Å². The fraction of sp³-hybridized carbons (Fsp3) is 0.381. The number of hydrogen-bond donors (Lipinski definition) is 2. The lowest BCUT2D eigenvalue weighted by Gasteiger charge is -2.20. The summed E-state index contributed by atoms with van der Waals surface area (Å²) in [6, 6.07) is 18.6. The highest BCUT2D eigenvalue weighted by molar-refractivity contribution is 5.77. The van der Waals surface area contributed by atoms with Crippen LogP contribution in [0.5, 0.6) is 5.75 Å². The van der Waals surface area contributed by atoms with E-state index in [1.807, 2.05) is 42.5 Å². The molecule has 1 amide bonds. The molecule has 25 heavy (non-hydrogen) atoms. The first kappa shape index (κ1) is 17.5. The Morgan fingerprint density at radius 3 is 2.56 bits per heavy atom. The van der Waals surface area contributed by atoms with Crippen molar-refractivity contribution in [1.29, 1.82) is 0 Å². The number of carbonyl (C=O) groups is 1. The molecule has 1 fully saturated rings. The topological polar surface area (TPSA) is 42.8 Å². The third-order valence-corrected chi connectivity index (χ3v) is 4.96. The van der Waals surface area contributed by atoms with Crippen LogP contribution < -0.4 is 15.0 Å². The molecule has 0 saturated carbocycles. The molecule has 0 radical (unpaired) electrons. The van der Waals surface area contributed by atoms with Crippen LogP contribution in [0, 0.1) is 0 Å². The smallest absolute Gasteiger partial charge is 0.258 e. The van der Waals surface area contributed by atoms with Crippen molar-refractivity contribution in [3.63, 3.8) is 0 Å². The summed E-state index contributed by atoms with van der Waals surface area (Å²) in [6.45, 7) is 5.38. The van der Waals surface area contributed by atoms with Crippen LogP contribution in [0.25, 0.3) is 11.1 Å². The molecule has 1 aliphatic rings. The third kappa shape index (κ3) is 4.83.